The lowest BCUT2D eigenvalue weighted by molar-refractivity contribution is 0.266. The number of benzene rings is 1. The molecule has 1 fully saturated rings. The van der Waals surface area contributed by atoms with E-state index in [9.17, 15) is 5.11 Å². The van der Waals surface area contributed by atoms with Gasteiger partial charge in [0.05, 0.1) is 23.3 Å². The number of aromatic nitrogens is 3. The molecule has 1 atom stereocenters. The van der Waals surface area contributed by atoms with Gasteiger partial charge < -0.3 is 15.3 Å². The van der Waals surface area contributed by atoms with Crippen LogP contribution in [0, 0.1) is 0 Å². The van der Waals surface area contributed by atoms with Crippen molar-refractivity contribution in [3.63, 3.8) is 0 Å². The number of anilines is 2. The van der Waals surface area contributed by atoms with E-state index in [1.807, 2.05) is 24.3 Å². The maximum absolute atomic E-state index is 9.64. The molecule has 0 amide bonds. The molecule has 0 saturated carbocycles. The van der Waals surface area contributed by atoms with Crippen LogP contribution in [0.3, 0.4) is 0 Å². The van der Waals surface area contributed by atoms with Gasteiger partial charge in [-0.15, -0.1) is 0 Å². The standard InChI is InChI=1S/C18H20BrN5O/c19-15-11-21-24-16(20-10-13-5-2-1-3-6-13)9-17(22-18(15)24)23-8-4-7-14(23)12-25/h1-3,5-6,9,11,14,20,25H,4,7-8,10,12H2/t14-/m0/s1. The van der Waals surface area contributed by atoms with Gasteiger partial charge in [-0.2, -0.15) is 9.61 Å². The molecular formula is C18H20BrN5O. The maximum Gasteiger partial charge on any atom is 0.173 e. The first-order chi connectivity index (χ1) is 12.3. The Kier molecular flexibility index (Phi) is 4.59. The third-order valence-corrected chi connectivity index (χ3v) is 5.17. The summed E-state index contributed by atoms with van der Waals surface area (Å²) in [6.45, 7) is 1.78. The van der Waals surface area contributed by atoms with Gasteiger partial charge in [0.25, 0.3) is 0 Å². The van der Waals surface area contributed by atoms with E-state index in [0.29, 0.717) is 6.54 Å². The van der Waals surface area contributed by atoms with E-state index in [-0.39, 0.29) is 12.6 Å². The zero-order chi connectivity index (χ0) is 17.2. The molecular weight excluding hydrogens is 382 g/mol. The molecule has 3 heterocycles. The van der Waals surface area contributed by atoms with Crippen LogP contribution in [-0.4, -0.2) is 38.9 Å². The highest BCUT2D eigenvalue weighted by molar-refractivity contribution is 9.10. The molecule has 0 aliphatic carbocycles. The molecule has 25 heavy (non-hydrogen) atoms. The average molecular weight is 402 g/mol. The maximum atomic E-state index is 9.64. The Morgan fingerprint density at radius 2 is 2.12 bits per heavy atom. The van der Waals surface area contributed by atoms with Gasteiger partial charge in [-0.1, -0.05) is 30.3 Å². The lowest BCUT2D eigenvalue weighted by Gasteiger charge is -2.25. The van der Waals surface area contributed by atoms with Crippen LogP contribution in [0.5, 0.6) is 0 Å². The Hall–Kier alpha value is -2.12. The van der Waals surface area contributed by atoms with E-state index in [0.717, 1.165) is 41.1 Å². The number of fused-ring (bicyclic) bond motifs is 1. The minimum atomic E-state index is 0.138. The Morgan fingerprint density at radius 3 is 2.92 bits per heavy atom. The van der Waals surface area contributed by atoms with Crippen molar-refractivity contribution >= 4 is 33.2 Å². The Bertz CT molecular complexity index is 867. The van der Waals surface area contributed by atoms with Gasteiger partial charge in [0.15, 0.2) is 5.65 Å². The van der Waals surface area contributed by atoms with Gasteiger partial charge in [0, 0.05) is 19.2 Å². The number of rotatable bonds is 5. The largest absolute Gasteiger partial charge is 0.394 e. The summed E-state index contributed by atoms with van der Waals surface area (Å²) in [6.07, 6.45) is 3.83. The summed E-state index contributed by atoms with van der Waals surface area (Å²) in [4.78, 5) is 6.95. The fourth-order valence-electron chi connectivity index (χ4n) is 3.31. The van der Waals surface area contributed by atoms with Crippen molar-refractivity contribution in [3.8, 4) is 0 Å². The van der Waals surface area contributed by atoms with Crippen molar-refractivity contribution < 1.29 is 5.11 Å². The first-order valence-corrected chi connectivity index (χ1v) is 9.25. The Balaban J connectivity index is 1.69. The van der Waals surface area contributed by atoms with E-state index in [2.05, 4.69) is 43.4 Å². The average Bonchev–Trinajstić information content (AvgIpc) is 3.27. The molecule has 1 saturated heterocycles. The second-order valence-electron chi connectivity index (χ2n) is 6.24. The van der Waals surface area contributed by atoms with Crippen LogP contribution in [0.15, 0.2) is 47.1 Å². The van der Waals surface area contributed by atoms with Crippen LogP contribution in [0.4, 0.5) is 11.6 Å². The van der Waals surface area contributed by atoms with E-state index >= 15 is 0 Å². The van der Waals surface area contributed by atoms with Crippen molar-refractivity contribution in [1.29, 1.82) is 0 Å². The van der Waals surface area contributed by atoms with Crippen molar-refractivity contribution in [2.45, 2.75) is 25.4 Å². The third-order valence-electron chi connectivity index (χ3n) is 4.61. The first kappa shape index (κ1) is 16.4. The van der Waals surface area contributed by atoms with Crippen LogP contribution < -0.4 is 10.2 Å². The molecule has 0 unspecified atom stereocenters. The topological polar surface area (TPSA) is 65.7 Å². The highest BCUT2D eigenvalue weighted by atomic mass is 79.9. The molecule has 1 aliphatic heterocycles. The fourth-order valence-corrected chi connectivity index (χ4v) is 3.66. The van der Waals surface area contributed by atoms with Crippen LogP contribution >= 0.6 is 15.9 Å². The Morgan fingerprint density at radius 1 is 1.28 bits per heavy atom. The molecule has 3 aromatic rings. The lowest BCUT2D eigenvalue weighted by atomic mass is 10.2. The fraction of sp³-hybridized carbons (Fsp3) is 0.333. The third kappa shape index (κ3) is 3.21. The monoisotopic (exact) mass is 401 g/mol. The van der Waals surface area contributed by atoms with Crippen LogP contribution in [-0.2, 0) is 6.54 Å². The highest BCUT2D eigenvalue weighted by Gasteiger charge is 2.26. The molecule has 0 radical (unpaired) electrons. The van der Waals surface area contributed by atoms with Crippen molar-refractivity contribution in [2.24, 2.45) is 0 Å². The summed E-state index contributed by atoms with van der Waals surface area (Å²) >= 11 is 3.53. The summed E-state index contributed by atoms with van der Waals surface area (Å²) in [5.41, 5.74) is 1.98. The van der Waals surface area contributed by atoms with Gasteiger partial charge in [-0.3, -0.25) is 0 Å². The molecule has 0 spiro atoms. The molecule has 2 aromatic heterocycles. The summed E-state index contributed by atoms with van der Waals surface area (Å²) < 4.78 is 2.66. The number of aliphatic hydroxyl groups is 1. The van der Waals surface area contributed by atoms with Gasteiger partial charge >= 0.3 is 0 Å². The summed E-state index contributed by atoms with van der Waals surface area (Å²) in [5, 5.41) is 17.5. The predicted molar refractivity (Wildman–Crippen MR) is 102 cm³/mol. The van der Waals surface area contributed by atoms with Crippen molar-refractivity contribution in [3.05, 3.63) is 52.6 Å². The van der Waals surface area contributed by atoms with Crippen molar-refractivity contribution in [2.75, 3.05) is 23.4 Å². The molecule has 1 aromatic carbocycles. The zero-order valence-electron chi connectivity index (χ0n) is 13.8. The number of hydrogen-bond acceptors (Lipinski definition) is 5. The van der Waals surface area contributed by atoms with E-state index in [1.165, 1.54) is 5.56 Å². The normalized spacial score (nSPS) is 17.4. The number of nitrogens with one attached hydrogen (secondary N) is 1. The van der Waals surface area contributed by atoms with Crippen LogP contribution in [0.25, 0.3) is 5.65 Å². The Labute approximate surface area is 154 Å². The second kappa shape index (κ2) is 7.01. The zero-order valence-corrected chi connectivity index (χ0v) is 15.4. The minimum Gasteiger partial charge on any atom is -0.394 e. The number of hydrogen-bond donors (Lipinski definition) is 2. The van der Waals surface area contributed by atoms with E-state index in [1.54, 1.807) is 10.7 Å². The summed E-state index contributed by atoms with van der Waals surface area (Å²) in [6, 6.07) is 12.4. The number of aliphatic hydroxyl groups excluding tert-OH is 1. The van der Waals surface area contributed by atoms with Gasteiger partial charge in [-0.25, -0.2) is 4.98 Å². The second-order valence-corrected chi connectivity index (χ2v) is 7.09. The molecule has 0 bridgehead atoms. The smallest absolute Gasteiger partial charge is 0.173 e. The number of halogens is 1. The van der Waals surface area contributed by atoms with Gasteiger partial charge in [0.1, 0.15) is 11.6 Å². The molecule has 6 nitrogen and oxygen atoms in total. The summed E-state index contributed by atoms with van der Waals surface area (Å²) in [7, 11) is 0. The first-order valence-electron chi connectivity index (χ1n) is 8.46. The lowest BCUT2D eigenvalue weighted by Crippen LogP contribution is -2.33. The van der Waals surface area contributed by atoms with E-state index < -0.39 is 0 Å². The SMILES string of the molecule is OC[C@@H]1CCCN1c1cc(NCc2ccccc2)n2ncc(Br)c2n1. The molecule has 1 aliphatic rings. The van der Waals surface area contributed by atoms with Crippen LogP contribution in [0.1, 0.15) is 18.4 Å². The number of nitrogens with zero attached hydrogens (tertiary/aromatic N) is 4. The molecule has 2 N–H and O–H groups in total. The van der Waals surface area contributed by atoms with Gasteiger partial charge in [-0.05, 0) is 34.3 Å². The van der Waals surface area contributed by atoms with E-state index in [4.69, 9.17) is 4.98 Å². The summed E-state index contributed by atoms with van der Waals surface area (Å²) in [5.74, 6) is 1.76. The predicted octanol–water partition coefficient (Wildman–Crippen LogP) is 3.07. The van der Waals surface area contributed by atoms with Crippen molar-refractivity contribution in [1.82, 2.24) is 14.6 Å². The quantitative estimate of drug-likeness (QED) is 0.687. The minimum absolute atomic E-state index is 0.138. The highest BCUT2D eigenvalue weighted by Crippen LogP contribution is 2.29. The van der Waals surface area contributed by atoms with Gasteiger partial charge in [0.2, 0.25) is 0 Å². The molecule has 130 valence electrons. The molecule has 7 heteroatoms. The van der Waals surface area contributed by atoms with Crippen LogP contribution in [0.2, 0.25) is 0 Å². The molecule has 4 rings (SSSR count).